The van der Waals surface area contributed by atoms with E-state index in [-0.39, 0.29) is 35.5 Å². The first-order valence-electron chi connectivity index (χ1n) is 9.85. The molecule has 0 aromatic heterocycles. The van der Waals surface area contributed by atoms with Crippen LogP contribution < -0.4 is 24.8 Å². The summed E-state index contributed by atoms with van der Waals surface area (Å²) in [5, 5.41) is 6.90. The summed E-state index contributed by atoms with van der Waals surface area (Å²) in [6.45, 7) is 1.89. The van der Waals surface area contributed by atoms with Gasteiger partial charge in [0.25, 0.3) is 0 Å². The van der Waals surface area contributed by atoms with Gasteiger partial charge in [0, 0.05) is 25.4 Å². The Morgan fingerprint density at radius 2 is 1.90 bits per heavy atom. The molecule has 6 nitrogen and oxygen atoms in total. The van der Waals surface area contributed by atoms with Crippen LogP contribution in [0.3, 0.4) is 0 Å². The van der Waals surface area contributed by atoms with E-state index < -0.39 is 0 Å². The zero-order chi connectivity index (χ0) is 19.0. The highest BCUT2D eigenvalue weighted by atomic mass is 127. The zero-order valence-corrected chi connectivity index (χ0v) is 18.8. The molecule has 1 unspecified atom stereocenters. The van der Waals surface area contributed by atoms with Crippen LogP contribution in [0.4, 0.5) is 0 Å². The fourth-order valence-electron chi connectivity index (χ4n) is 4.00. The minimum Gasteiger partial charge on any atom is -0.488 e. The van der Waals surface area contributed by atoms with Crippen molar-refractivity contribution in [2.45, 2.75) is 30.8 Å². The third kappa shape index (κ3) is 4.10. The number of fused-ring (bicyclic) bond motifs is 2. The van der Waals surface area contributed by atoms with E-state index in [9.17, 15) is 0 Å². The molecule has 1 atom stereocenters. The largest absolute Gasteiger partial charge is 0.488 e. The van der Waals surface area contributed by atoms with Crippen LogP contribution in [0.1, 0.15) is 24.0 Å². The van der Waals surface area contributed by atoms with Crippen LogP contribution >= 0.6 is 24.0 Å². The van der Waals surface area contributed by atoms with Crippen LogP contribution in [0.25, 0.3) is 0 Å². The molecule has 2 aromatic carbocycles. The third-order valence-electron chi connectivity index (χ3n) is 5.87. The third-order valence-corrected chi connectivity index (χ3v) is 5.87. The lowest BCUT2D eigenvalue weighted by Crippen LogP contribution is -2.44. The Morgan fingerprint density at radius 3 is 2.69 bits per heavy atom. The monoisotopic (exact) mass is 507 g/mol. The van der Waals surface area contributed by atoms with Gasteiger partial charge in [0.05, 0.1) is 6.54 Å². The summed E-state index contributed by atoms with van der Waals surface area (Å²) in [7, 11) is 1.81. The van der Waals surface area contributed by atoms with Gasteiger partial charge in [0.15, 0.2) is 17.5 Å². The quantitative estimate of drug-likeness (QED) is 0.370. The van der Waals surface area contributed by atoms with Crippen LogP contribution in [-0.2, 0) is 11.8 Å². The molecule has 1 fully saturated rings. The van der Waals surface area contributed by atoms with Crippen molar-refractivity contribution in [3.05, 3.63) is 53.6 Å². The number of halogens is 1. The maximum Gasteiger partial charge on any atom is 0.231 e. The van der Waals surface area contributed by atoms with E-state index in [1.807, 2.05) is 18.2 Å². The molecule has 2 heterocycles. The molecule has 1 aliphatic carbocycles. The summed E-state index contributed by atoms with van der Waals surface area (Å²) < 4.78 is 17.0. The lowest BCUT2D eigenvalue weighted by Gasteiger charge is -2.20. The van der Waals surface area contributed by atoms with Crippen LogP contribution in [0, 0.1) is 0 Å². The second-order valence-corrected chi connectivity index (χ2v) is 7.71. The smallest absolute Gasteiger partial charge is 0.231 e. The summed E-state index contributed by atoms with van der Waals surface area (Å²) >= 11 is 0. The molecule has 0 radical (unpaired) electrons. The molecule has 7 heteroatoms. The maximum absolute atomic E-state index is 6.00. The van der Waals surface area contributed by atoms with Crippen molar-refractivity contribution in [2.75, 3.05) is 26.9 Å². The SMILES string of the molecule is CN=C(NCC1Cc2ccccc2O1)NCC1(c2ccc3c(c2)OCO3)CC1.I. The summed E-state index contributed by atoms with van der Waals surface area (Å²) in [4.78, 5) is 4.37. The van der Waals surface area contributed by atoms with Crippen molar-refractivity contribution >= 4 is 29.9 Å². The number of benzene rings is 2. The molecule has 2 N–H and O–H groups in total. The van der Waals surface area contributed by atoms with E-state index >= 15 is 0 Å². The average molecular weight is 507 g/mol. The van der Waals surface area contributed by atoms with E-state index in [4.69, 9.17) is 14.2 Å². The molecule has 0 spiro atoms. The van der Waals surface area contributed by atoms with Crippen LogP contribution in [-0.4, -0.2) is 39.0 Å². The maximum atomic E-state index is 6.00. The number of ether oxygens (including phenoxy) is 3. The number of aliphatic imine (C=N–C) groups is 1. The Labute approximate surface area is 188 Å². The molecule has 154 valence electrons. The summed E-state index contributed by atoms with van der Waals surface area (Å²) in [6, 6.07) is 14.5. The van der Waals surface area contributed by atoms with Gasteiger partial charge in [-0.2, -0.15) is 0 Å². The minimum absolute atomic E-state index is 0. The molecular formula is C22H26IN3O3. The highest BCUT2D eigenvalue weighted by Gasteiger charge is 2.44. The highest BCUT2D eigenvalue weighted by molar-refractivity contribution is 14.0. The fourth-order valence-corrected chi connectivity index (χ4v) is 4.00. The molecule has 2 aromatic rings. The van der Waals surface area contributed by atoms with E-state index in [1.165, 1.54) is 11.1 Å². The number of guanidine groups is 1. The predicted octanol–water partition coefficient (Wildman–Crippen LogP) is 3.23. The number of hydrogen-bond acceptors (Lipinski definition) is 4. The van der Waals surface area contributed by atoms with E-state index in [1.54, 1.807) is 7.05 Å². The zero-order valence-electron chi connectivity index (χ0n) is 16.4. The van der Waals surface area contributed by atoms with Crippen molar-refractivity contribution in [3.63, 3.8) is 0 Å². The fraction of sp³-hybridized carbons (Fsp3) is 0.409. The molecule has 0 bridgehead atoms. The number of hydrogen-bond donors (Lipinski definition) is 2. The normalized spacial score (nSPS) is 20.3. The van der Waals surface area contributed by atoms with Crippen molar-refractivity contribution < 1.29 is 14.2 Å². The molecule has 0 saturated heterocycles. The number of nitrogens with one attached hydrogen (secondary N) is 2. The number of rotatable bonds is 5. The topological polar surface area (TPSA) is 64.1 Å². The second-order valence-electron chi connectivity index (χ2n) is 7.71. The van der Waals surface area contributed by atoms with Crippen LogP contribution in [0.2, 0.25) is 0 Å². The lowest BCUT2D eigenvalue weighted by molar-refractivity contribution is 0.174. The Hall–Kier alpha value is -2.16. The second kappa shape index (κ2) is 8.30. The van der Waals surface area contributed by atoms with Crippen LogP contribution in [0.5, 0.6) is 17.2 Å². The van der Waals surface area contributed by atoms with Crippen molar-refractivity contribution in [3.8, 4) is 17.2 Å². The molecule has 1 saturated carbocycles. The van der Waals surface area contributed by atoms with Gasteiger partial charge in [0.2, 0.25) is 6.79 Å². The predicted molar refractivity (Wildman–Crippen MR) is 123 cm³/mol. The molecule has 0 amide bonds. The lowest BCUT2D eigenvalue weighted by atomic mass is 9.95. The van der Waals surface area contributed by atoms with Crippen molar-refractivity contribution in [1.29, 1.82) is 0 Å². The minimum atomic E-state index is 0. The Morgan fingerprint density at radius 1 is 1.07 bits per heavy atom. The Balaban J connectivity index is 0.00000205. The number of nitrogens with zero attached hydrogens (tertiary/aromatic N) is 1. The van der Waals surface area contributed by atoms with E-state index in [0.29, 0.717) is 6.79 Å². The first-order valence-corrected chi connectivity index (χ1v) is 9.85. The van der Waals surface area contributed by atoms with Gasteiger partial charge in [-0.3, -0.25) is 4.99 Å². The highest BCUT2D eigenvalue weighted by Crippen LogP contribution is 2.49. The molecule has 29 heavy (non-hydrogen) atoms. The Bertz CT molecular complexity index is 889. The van der Waals surface area contributed by atoms with Gasteiger partial charge < -0.3 is 24.8 Å². The summed E-state index contributed by atoms with van der Waals surface area (Å²) in [5.41, 5.74) is 2.73. The summed E-state index contributed by atoms with van der Waals surface area (Å²) in [6.07, 6.45) is 3.40. The van der Waals surface area contributed by atoms with Gasteiger partial charge in [0.1, 0.15) is 11.9 Å². The van der Waals surface area contributed by atoms with Crippen molar-refractivity contribution in [2.24, 2.45) is 4.99 Å². The van der Waals surface area contributed by atoms with Crippen LogP contribution in [0.15, 0.2) is 47.5 Å². The molecule has 3 aliphatic rings. The molecular weight excluding hydrogens is 481 g/mol. The standard InChI is InChI=1S/C22H25N3O3.HI/c1-23-21(24-12-17-10-15-4-2-3-5-18(15)28-17)25-13-22(8-9-22)16-6-7-19-20(11-16)27-14-26-19;/h2-7,11,17H,8-10,12-14H2,1H3,(H2,23,24,25);1H. The molecule has 2 aliphatic heterocycles. The molecule has 5 rings (SSSR count). The van der Waals surface area contributed by atoms with Gasteiger partial charge >= 0.3 is 0 Å². The number of para-hydroxylation sites is 1. The summed E-state index contributed by atoms with van der Waals surface area (Å²) in [5.74, 6) is 3.50. The van der Waals surface area contributed by atoms with E-state index in [0.717, 1.165) is 55.6 Å². The first kappa shape index (κ1) is 20.1. The van der Waals surface area contributed by atoms with E-state index in [2.05, 4.69) is 39.9 Å². The van der Waals surface area contributed by atoms with Gasteiger partial charge in [-0.25, -0.2) is 0 Å². The van der Waals surface area contributed by atoms with Crippen molar-refractivity contribution in [1.82, 2.24) is 10.6 Å². The Kier molecular flexibility index (Phi) is 5.76. The van der Waals surface area contributed by atoms with Gasteiger partial charge in [-0.1, -0.05) is 24.3 Å². The average Bonchev–Trinajstić information content (AvgIpc) is 3.18. The van der Waals surface area contributed by atoms with Gasteiger partial charge in [-0.15, -0.1) is 24.0 Å². The first-order chi connectivity index (χ1) is 13.8. The van der Waals surface area contributed by atoms with Gasteiger partial charge in [-0.05, 0) is 42.2 Å².